The molecule has 1 saturated heterocycles. The van der Waals surface area contributed by atoms with Gasteiger partial charge in [0.15, 0.2) is 0 Å². The third-order valence-corrected chi connectivity index (χ3v) is 5.53. The van der Waals surface area contributed by atoms with Crippen molar-refractivity contribution in [2.45, 2.75) is 40.2 Å². The Labute approximate surface area is 175 Å². The van der Waals surface area contributed by atoms with Crippen LogP contribution in [0.2, 0.25) is 0 Å². The number of amides is 2. The maximum atomic E-state index is 13.9. The van der Waals surface area contributed by atoms with Crippen LogP contribution in [0.15, 0.2) is 24.3 Å². The van der Waals surface area contributed by atoms with Crippen molar-refractivity contribution in [2.75, 3.05) is 19.6 Å². The van der Waals surface area contributed by atoms with E-state index in [4.69, 9.17) is 0 Å². The summed E-state index contributed by atoms with van der Waals surface area (Å²) in [6.07, 6.45) is 1.04. The molecular weight excluding hydrogens is 390 g/mol. The summed E-state index contributed by atoms with van der Waals surface area (Å²) in [4.78, 5) is 26.5. The molecule has 0 saturated carbocycles. The number of likely N-dealkylation sites (tertiary alicyclic amines) is 1. The zero-order chi connectivity index (χ0) is 21.8. The first-order valence-corrected chi connectivity index (χ1v) is 10.3. The number of nitrogens with zero attached hydrogens (tertiary/aromatic N) is 3. The van der Waals surface area contributed by atoms with Crippen molar-refractivity contribution in [2.24, 2.45) is 11.8 Å². The first-order valence-electron chi connectivity index (χ1n) is 10.3. The number of benzene rings is 1. The minimum absolute atomic E-state index is 0.0183. The molecule has 0 aliphatic carbocycles. The van der Waals surface area contributed by atoms with Crippen molar-refractivity contribution in [3.05, 3.63) is 52.9 Å². The smallest absolute Gasteiger partial charge is 0.256 e. The highest BCUT2D eigenvalue weighted by Gasteiger charge is 2.29. The van der Waals surface area contributed by atoms with Crippen molar-refractivity contribution >= 4 is 11.8 Å². The van der Waals surface area contributed by atoms with Crippen molar-refractivity contribution in [1.29, 1.82) is 0 Å². The summed E-state index contributed by atoms with van der Waals surface area (Å²) in [6, 6.07) is 4.97. The lowest BCUT2D eigenvalue weighted by Crippen LogP contribution is -2.44. The Morgan fingerprint density at radius 1 is 1.20 bits per heavy atom. The number of hydrogen-bond acceptors (Lipinski definition) is 3. The van der Waals surface area contributed by atoms with Gasteiger partial charge in [-0.1, -0.05) is 6.92 Å². The van der Waals surface area contributed by atoms with Crippen LogP contribution in [0.3, 0.4) is 0 Å². The van der Waals surface area contributed by atoms with E-state index >= 15 is 0 Å². The van der Waals surface area contributed by atoms with Gasteiger partial charge < -0.3 is 10.2 Å². The molecule has 30 heavy (non-hydrogen) atoms. The molecule has 1 fully saturated rings. The van der Waals surface area contributed by atoms with E-state index in [0.29, 0.717) is 38.5 Å². The fraction of sp³-hybridized carbons (Fsp3) is 0.500. The van der Waals surface area contributed by atoms with E-state index in [2.05, 4.69) is 17.3 Å². The van der Waals surface area contributed by atoms with Gasteiger partial charge in [-0.15, -0.1) is 0 Å². The predicted octanol–water partition coefficient (Wildman–Crippen LogP) is 3.08. The molecule has 1 N–H and O–H groups in total. The maximum absolute atomic E-state index is 13.9. The van der Waals surface area contributed by atoms with Crippen molar-refractivity contribution in [3.8, 4) is 0 Å². The number of carbonyl (C=O) groups excluding carboxylic acids is 2. The minimum atomic E-state index is -0.864. The van der Waals surface area contributed by atoms with Gasteiger partial charge in [0.25, 0.3) is 5.91 Å². The molecule has 2 aromatic rings. The Balaban J connectivity index is 1.45. The van der Waals surface area contributed by atoms with Crippen LogP contribution < -0.4 is 5.32 Å². The molecule has 0 spiro atoms. The van der Waals surface area contributed by atoms with Crippen molar-refractivity contribution < 1.29 is 18.4 Å². The number of aryl methyl sites for hydroxylation is 2. The second-order valence-corrected chi connectivity index (χ2v) is 8.15. The highest BCUT2D eigenvalue weighted by atomic mass is 19.1. The van der Waals surface area contributed by atoms with E-state index in [1.165, 1.54) is 4.90 Å². The molecule has 0 radical (unpaired) electrons. The Morgan fingerprint density at radius 3 is 2.50 bits per heavy atom. The SMILES string of the molecule is Cc1cc(C)n(CC(C)CNC(=O)C2CCN(C(=O)c3ccc(F)cc3F)CC2)n1. The fourth-order valence-electron chi connectivity index (χ4n) is 3.82. The summed E-state index contributed by atoms with van der Waals surface area (Å²) in [5, 5.41) is 7.45. The van der Waals surface area contributed by atoms with Crippen LogP contribution in [0.1, 0.15) is 41.5 Å². The molecule has 6 nitrogen and oxygen atoms in total. The molecule has 2 heterocycles. The average Bonchev–Trinajstić information content (AvgIpc) is 3.02. The second kappa shape index (κ2) is 9.36. The highest BCUT2D eigenvalue weighted by molar-refractivity contribution is 5.94. The first-order chi connectivity index (χ1) is 14.2. The van der Waals surface area contributed by atoms with Gasteiger partial charge in [-0.25, -0.2) is 8.78 Å². The zero-order valence-corrected chi connectivity index (χ0v) is 17.6. The zero-order valence-electron chi connectivity index (χ0n) is 17.6. The summed E-state index contributed by atoms with van der Waals surface area (Å²) in [5.41, 5.74) is 1.93. The van der Waals surface area contributed by atoms with Crippen LogP contribution >= 0.6 is 0 Å². The summed E-state index contributed by atoms with van der Waals surface area (Å²) in [5.74, 6) is -2.01. The second-order valence-electron chi connectivity index (χ2n) is 8.15. The lowest BCUT2D eigenvalue weighted by Gasteiger charge is -2.31. The van der Waals surface area contributed by atoms with Gasteiger partial charge in [-0.3, -0.25) is 14.3 Å². The molecule has 1 aromatic heterocycles. The molecule has 2 amide bonds. The van der Waals surface area contributed by atoms with Crippen molar-refractivity contribution in [3.63, 3.8) is 0 Å². The van der Waals surface area contributed by atoms with Gasteiger partial charge >= 0.3 is 0 Å². The number of halogens is 2. The lowest BCUT2D eigenvalue weighted by molar-refractivity contribution is -0.126. The Bertz CT molecular complexity index is 920. The standard InChI is InChI=1S/C22H28F2N4O2/c1-14(13-28-16(3)10-15(2)26-28)12-25-21(29)17-6-8-27(9-7-17)22(30)19-5-4-18(23)11-20(19)24/h4-5,10-11,14,17H,6-9,12-13H2,1-3H3,(H,25,29). The van der Waals surface area contributed by atoms with Crippen LogP contribution in [0.5, 0.6) is 0 Å². The molecule has 8 heteroatoms. The third-order valence-electron chi connectivity index (χ3n) is 5.53. The van der Waals surface area contributed by atoms with E-state index in [1.54, 1.807) is 0 Å². The van der Waals surface area contributed by atoms with E-state index in [1.807, 2.05) is 24.6 Å². The molecule has 0 bridgehead atoms. The molecule has 3 rings (SSSR count). The summed E-state index contributed by atoms with van der Waals surface area (Å²) in [6.45, 7) is 8.06. The van der Waals surface area contributed by atoms with Gasteiger partial charge in [0.2, 0.25) is 5.91 Å². The van der Waals surface area contributed by atoms with Crippen molar-refractivity contribution in [1.82, 2.24) is 20.0 Å². The number of piperidine rings is 1. The summed E-state index contributed by atoms with van der Waals surface area (Å²) < 4.78 is 28.9. The highest BCUT2D eigenvalue weighted by Crippen LogP contribution is 2.21. The molecule has 1 atom stereocenters. The van der Waals surface area contributed by atoms with E-state index in [9.17, 15) is 18.4 Å². The summed E-state index contributed by atoms with van der Waals surface area (Å²) >= 11 is 0. The van der Waals surface area contributed by atoms with Gasteiger partial charge in [-0.05, 0) is 50.8 Å². The van der Waals surface area contributed by atoms with Gasteiger partial charge in [0, 0.05) is 43.9 Å². The van der Waals surface area contributed by atoms with Crippen LogP contribution in [-0.2, 0) is 11.3 Å². The lowest BCUT2D eigenvalue weighted by atomic mass is 9.95. The molecule has 1 unspecified atom stereocenters. The largest absolute Gasteiger partial charge is 0.356 e. The van der Waals surface area contributed by atoms with Gasteiger partial charge in [0.05, 0.1) is 11.3 Å². The maximum Gasteiger partial charge on any atom is 0.256 e. The summed E-state index contributed by atoms with van der Waals surface area (Å²) in [7, 11) is 0. The predicted molar refractivity (Wildman–Crippen MR) is 109 cm³/mol. The molecule has 1 aromatic carbocycles. The van der Waals surface area contributed by atoms with Crippen LogP contribution in [0.4, 0.5) is 8.78 Å². The minimum Gasteiger partial charge on any atom is -0.356 e. The first kappa shape index (κ1) is 21.9. The quantitative estimate of drug-likeness (QED) is 0.784. The number of hydrogen-bond donors (Lipinski definition) is 1. The Morgan fingerprint density at radius 2 is 1.90 bits per heavy atom. The average molecular weight is 418 g/mol. The van der Waals surface area contributed by atoms with E-state index in [0.717, 1.165) is 30.1 Å². The number of aromatic nitrogens is 2. The van der Waals surface area contributed by atoms with E-state index in [-0.39, 0.29) is 23.3 Å². The molecule has 162 valence electrons. The van der Waals surface area contributed by atoms with Gasteiger partial charge in [-0.2, -0.15) is 5.10 Å². The molecular formula is C22H28F2N4O2. The Kier molecular flexibility index (Phi) is 6.84. The van der Waals surface area contributed by atoms with Crippen LogP contribution in [0.25, 0.3) is 0 Å². The Hall–Kier alpha value is -2.77. The molecule has 1 aliphatic rings. The van der Waals surface area contributed by atoms with Crippen LogP contribution in [-0.4, -0.2) is 46.1 Å². The topological polar surface area (TPSA) is 67.2 Å². The molecule has 1 aliphatic heterocycles. The van der Waals surface area contributed by atoms with E-state index < -0.39 is 17.5 Å². The fourth-order valence-corrected chi connectivity index (χ4v) is 3.82. The monoisotopic (exact) mass is 418 g/mol. The number of carbonyl (C=O) groups is 2. The normalized spacial score (nSPS) is 15.8. The van der Waals surface area contributed by atoms with Crippen LogP contribution in [0, 0.1) is 37.3 Å². The van der Waals surface area contributed by atoms with Gasteiger partial charge in [0.1, 0.15) is 11.6 Å². The third kappa shape index (κ3) is 5.23. The number of nitrogens with one attached hydrogen (secondary N) is 1. The number of rotatable bonds is 6.